The van der Waals surface area contributed by atoms with E-state index in [9.17, 15) is 4.79 Å². The number of aryl methyl sites for hydroxylation is 2. The van der Waals surface area contributed by atoms with Crippen LogP contribution in [0.25, 0.3) is 0 Å². The molecule has 0 saturated carbocycles. The maximum atomic E-state index is 13.6. The summed E-state index contributed by atoms with van der Waals surface area (Å²) < 4.78 is 5.52. The molecule has 3 heterocycles. The first-order chi connectivity index (χ1) is 15.1. The standard InChI is InChI=1S/C24H23N3O2S2/c1-17-13-18(2)26-24(25-17)31-16-19-7-3-4-10-22(19)23(28)27(14-20-8-5-11-29-20)15-21-9-6-12-30-21/h3-13H,14-16H2,1-2H3. The Morgan fingerprint density at radius 3 is 2.55 bits per heavy atom. The molecule has 7 heteroatoms. The summed E-state index contributed by atoms with van der Waals surface area (Å²) in [4.78, 5) is 25.6. The summed E-state index contributed by atoms with van der Waals surface area (Å²) in [5, 5.41) is 2.75. The summed E-state index contributed by atoms with van der Waals surface area (Å²) in [6.07, 6.45) is 1.64. The summed E-state index contributed by atoms with van der Waals surface area (Å²) >= 11 is 3.19. The number of hydrogen-bond acceptors (Lipinski definition) is 6. The van der Waals surface area contributed by atoms with E-state index in [1.807, 2.05) is 78.7 Å². The van der Waals surface area contributed by atoms with E-state index in [0.29, 0.717) is 24.4 Å². The lowest BCUT2D eigenvalue weighted by atomic mass is 10.1. The number of thioether (sulfide) groups is 1. The summed E-state index contributed by atoms with van der Waals surface area (Å²) in [7, 11) is 0. The smallest absolute Gasteiger partial charge is 0.254 e. The van der Waals surface area contributed by atoms with Crippen LogP contribution in [0.5, 0.6) is 0 Å². The molecule has 0 aliphatic rings. The van der Waals surface area contributed by atoms with Gasteiger partial charge in [0.25, 0.3) is 5.91 Å². The van der Waals surface area contributed by atoms with Crippen molar-refractivity contribution in [1.29, 1.82) is 0 Å². The molecule has 0 bridgehead atoms. The lowest BCUT2D eigenvalue weighted by molar-refractivity contribution is 0.0718. The van der Waals surface area contributed by atoms with Gasteiger partial charge in [-0.2, -0.15) is 0 Å². The number of amides is 1. The lowest BCUT2D eigenvalue weighted by Gasteiger charge is -2.22. The van der Waals surface area contributed by atoms with Gasteiger partial charge < -0.3 is 9.32 Å². The Balaban J connectivity index is 1.56. The molecule has 0 saturated heterocycles. The topological polar surface area (TPSA) is 59.2 Å². The number of nitrogens with zero attached hydrogens (tertiary/aromatic N) is 3. The van der Waals surface area contributed by atoms with Crippen LogP contribution >= 0.6 is 23.1 Å². The van der Waals surface area contributed by atoms with Crippen molar-refractivity contribution in [2.45, 2.75) is 37.8 Å². The first-order valence-electron chi connectivity index (χ1n) is 9.95. The van der Waals surface area contributed by atoms with E-state index in [2.05, 4.69) is 9.97 Å². The first-order valence-corrected chi connectivity index (χ1v) is 11.8. The molecule has 0 N–H and O–H groups in total. The molecule has 3 aromatic heterocycles. The van der Waals surface area contributed by atoms with Crippen LogP contribution in [0.2, 0.25) is 0 Å². The Morgan fingerprint density at radius 2 is 1.84 bits per heavy atom. The highest BCUT2D eigenvalue weighted by atomic mass is 32.2. The molecular formula is C24H23N3O2S2. The highest BCUT2D eigenvalue weighted by Crippen LogP contribution is 2.25. The summed E-state index contributed by atoms with van der Waals surface area (Å²) in [5.74, 6) is 1.38. The number of furan rings is 1. The van der Waals surface area contributed by atoms with Crippen molar-refractivity contribution >= 4 is 29.0 Å². The van der Waals surface area contributed by atoms with Gasteiger partial charge in [0.2, 0.25) is 0 Å². The average Bonchev–Trinajstić information content (AvgIpc) is 3.45. The second-order valence-electron chi connectivity index (χ2n) is 7.20. The van der Waals surface area contributed by atoms with Gasteiger partial charge in [-0.05, 0) is 55.1 Å². The number of hydrogen-bond donors (Lipinski definition) is 0. The van der Waals surface area contributed by atoms with Crippen molar-refractivity contribution < 1.29 is 9.21 Å². The van der Waals surface area contributed by atoms with Crippen molar-refractivity contribution in [2.75, 3.05) is 0 Å². The van der Waals surface area contributed by atoms with Gasteiger partial charge in [0.15, 0.2) is 5.16 Å². The van der Waals surface area contributed by atoms with Gasteiger partial charge in [-0.15, -0.1) is 11.3 Å². The van der Waals surface area contributed by atoms with Gasteiger partial charge >= 0.3 is 0 Å². The second-order valence-corrected chi connectivity index (χ2v) is 9.17. The van der Waals surface area contributed by atoms with Crippen LogP contribution in [0.1, 0.15) is 37.9 Å². The fourth-order valence-electron chi connectivity index (χ4n) is 3.31. The van der Waals surface area contributed by atoms with Gasteiger partial charge in [-0.25, -0.2) is 9.97 Å². The normalized spacial score (nSPS) is 10.9. The highest BCUT2D eigenvalue weighted by molar-refractivity contribution is 7.98. The van der Waals surface area contributed by atoms with Crippen LogP contribution in [0.15, 0.2) is 75.8 Å². The highest BCUT2D eigenvalue weighted by Gasteiger charge is 2.21. The Hall–Kier alpha value is -2.90. The molecule has 1 amide bonds. The van der Waals surface area contributed by atoms with Gasteiger partial charge in [0.1, 0.15) is 5.76 Å². The third-order valence-corrected chi connectivity index (χ3v) is 6.46. The van der Waals surface area contributed by atoms with Gasteiger partial charge in [0, 0.05) is 27.6 Å². The van der Waals surface area contributed by atoms with E-state index in [4.69, 9.17) is 4.42 Å². The van der Waals surface area contributed by atoms with Crippen LogP contribution in [-0.2, 0) is 18.8 Å². The minimum atomic E-state index is -0.0117. The third kappa shape index (κ3) is 5.62. The van der Waals surface area contributed by atoms with Crippen molar-refractivity contribution in [3.05, 3.63) is 99.4 Å². The average molecular weight is 450 g/mol. The number of benzene rings is 1. The van der Waals surface area contributed by atoms with Crippen molar-refractivity contribution in [3.8, 4) is 0 Å². The van der Waals surface area contributed by atoms with Crippen molar-refractivity contribution in [1.82, 2.24) is 14.9 Å². The molecule has 0 atom stereocenters. The minimum absolute atomic E-state index is 0.0117. The van der Waals surface area contributed by atoms with E-state index in [1.165, 1.54) is 0 Å². The predicted octanol–water partition coefficient (Wildman–Crippen LogP) is 5.88. The van der Waals surface area contributed by atoms with E-state index >= 15 is 0 Å². The first kappa shape index (κ1) is 21.3. The Morgan fingerprint density at radius 1 is 1.03 bits per heavy atom. The molecule has 0 aliphatic carbocycles. The molecule has 0 spiro atoms. The zero-order valence-electron chi connectivity index (χ0n) is 17.4. The lowest BCUT2D eigenvalue weighted by Crippen LogP contribution is -2.30. The summed E-state index contributed by atoms with van der Waals surface area (Å²) in [6, 6.07) is 17.5. The minimum Gasteiger partial charge on any atom is -0.467 e. The third-order valence-electron chi connectivity index (χ3n) is 4.71. The fraction of sp³-hybridized carbons (Fsp3) is 0.208. The maximum Gasteiger partial charge on any atom is 0.254 e. The second kappa shape index (κ2) is 9.94. The SMILES string of the molecule is Cc1cc(C)nc(SCc2ccccc2C(=O)N(Cc2ccco2)Cc2cccs2)n1. The van der Waals surface area contributed by atoms with E-state index in [0.717, 1.165) is 32.7 Å². The molecule has 4 rings (SSSR count). The van der Waals surface area contributed by atoms with Crippen LogP contribution in [0.4, 0.5) is 0 Å². The molecule has 0 unspecified atom stereocenters. The summed E-state index contributed by atoms with van der Waals surface area (Å²) in [6.45, 7) is 4.89. The van der Waals surface area contributed by atoms with Crippen LogP contribution in [0.3, 0.4) is 0 Å². The molecular weight excluding hydrogens is 426 g/mol. The van der Waals surface area contributed by atoms with E-state index in [1.54, 1.807) is 29.4 Å². The van der Waals surface area contributed by atoms with Crippen LogP contribution < -0.4 is 0 Å². The van der Waals surface area contributed by atoms with Crippen LogP contribution in [-0.4, -0.2) is 20.8 Å². The van der Waals surface area contributed by atoms with E-state index in [-0.39, 0.29) is 5.91 Å². The Labute approximate surface area is 190 Å². The largest absolute Gasteiger partial charge is 0.467 e. The van der Waals surface area contributed by atoms with E-state index < -0.39 is 0 Å². The van der Waals surface area contributed by atoms with Gasteiger partial charge in [-0.1, -0.05) is 36.0 Å². The number of thiophene rings is 1. The fourth-order valence-corrected chi connectivity index (χ4v) is 4.98. The number of rotatable bonds is 8. The Bertz CT molecular complexity index is 1090. The zero-order chi connectivity index (χ0) is 21.6. The van der Waals surface area contributed by atoms with Gasteiger partial charge in [0.05, 0.1) is 19.4 Å². The molecule has 31 heavy (non-hydrogen) atoms. The Kier molecular flexibility index (Phi) is 6.84. The molecule has 0 radical (unpaired) electrons. The molecule has 1 aromatic carbocycles. The number of aromatic nitrogens is 2. The monoisotopic (exact) mass is 449 g/mol. The number of carbonyl (C=O) groups is 1. The predicted molar refractivity (Wildman–Crippen MR) is 124 cm³/mol. The molecule has 158 valence electrons. The molecule has 4 aromatic rings. The van der Waals surface area contributed by atoms with Gasteiger partial charge in [-0.3, -0.25) is 4.79 Å². The molecule has 5 nitrogen and oxygen atoms in total. The quantitative estimate of drug-likeness (QED) is 0.248. The number of carbonyl (C=O) groups excluding carboxylic acids is 1. The van der Waals surface area contributed by atoms with Crippen molar-refractivity contribution in [2.24, 2.45) is 0 Å². The summed E-state index contributed by atoms with van der Waals surface area (Å²) in [5.41, 5.74) is 3.55. The molecule has 0 aliphatic heterocycles. The zero-order valence-corrected chi connectivity index (χ0v) is 19.1. The van der Waals surface area contributed by atoms with Crippen LogP contribution in [0, 0.1) is 13.8 Å². The molecule has 0 fully saturated rings. The maximum absolute atomic E-state index is 13.6. The van der Waals surface area contributed by atoms with Crippen molar-refractivity contribution in [3.63, 3.8) is 0 Å².